The van der Waals surface area contributed by atoms with Crippen LogP contribution in [0.3, 0.4) is 0 Å². The zero-order valence-electron chi connectivity index (χ0n) is 22.4. The molecule has 9 nitrogen and oxygen atoms in total. The van der Waals surface area contributed by atoms with Crippen molar-refractivity contribution in [3.8, 4) is 0 Å². The predicted octanol–water partition coefficient (Wildman–Crippen LogP) is 5.61. The third-order valence-electron chi connectivity index (χ3n) is 7.55. The van der Waals surface area contributed by atoms with Crippen molar-refractivity contribution in [2.45, 2.75) is 82.9 Å². The van der Waals surface area contributed by atoms with Gasteiger partial charge in [-0.25, -0.2) is 9.91 Å². The van der Waals surface area contributed by atoms with Crippen LogP contribution >= 0.6 is 0 Å². The second-order valence-electron chi connectivity index (χ2n) is 10.3. The quantitative estimate of drug-likeness (QED) is 0.106. The van der Waals surface area contributed by atoms with Gasteiger partial charge in [0.25, 0.3) is 11.6 Å². The third kappa shape index (κ3) is 6.72. The molecule has 0 spiro atoms. The normalized spacial score (nSPS) is 21.7. The fourth-order valence-electron chi connectivity index (χ4n) is 5.42. The fraction of sp³-hybridized carbons (Fsp3) is 0.467. The molecule has 1 saturated heterocycles. The van der Waals surface area contributed by atoms with Gasteiger partial charge in [-0.15, -0.1) is 0 Å². The summed E-state index contributed by atoms with van der Waals surface area (Å²) in [6.07, 6.45) is 12.6. The predicted molar refractivity (Wildman–Crippen MR) is 151 cm³/mol. The van der Waals surface area contributed by atoms with E-state index < -0.39 is 29.0 Å². The number of rotatable bonds is 14. The monoisotopic (exact) mass is 534 g/mol. The molecular formula is C30H38N4O5. The Kier molecular flexibility index (Phi) is 9.84. The summed E-state index contributed by atoms with van der Waals surface area (Å²) in [5, 5.41) is 24.0. The van der Waals surface area contributed by atoms with Crippen LogP contribution in [0.15, 0.2) is 66.7 Å². The van der Waals surface area contributed by atoms with Gasteiger partial charge in [0.2, 0.25) is 5.91 Å². The van der Waals surface area contributed by atoms with Gasteiger partial charge < -0.3 is 10.5 Å². The zero-order valence-corrected chi connectivity index (χ0v) is 22.4. The molecule has 2 aromatic rings. The number of para-hydroxylation sites is 1. The molecule has 208 valence electrons. The lowest BCUT2D eigenvalue weighted by atomic mass is 9.91. The highest BCUT2D eigenvalue weighted by Gasteiger charge is 2.54. The van der Waals surface area contributed by atoms with Gasteiger partial charge in [0.15, 0.2) is 0 Å². The molecule has 39 heavy (non-hydrogen) atoms. The first kappa shape index (κ1) is 28.4. The van der Waals surface area contributed by atoms with Crippen LogP contribution < -0.4 is 10.3 Å². The van der Waals surface area contributed by atoms with Crippen LogP contribution in [0.2, 0.25) is 0 Å². The first-order chi connectivity index (χ1) is 18.9. The fourth-order valence-corrected chi connectivity index (χ4v) is 5.42. The van der Waals surface area contributed by atoms with E-state index in [4.69, 9.17) is 0 Å². The molecule has 4 rings (SSSR count). The van der Waals surface area contributed by atoms with E-state index >= 15 is 0 Å². The van der Waals surface area contributed by atoms with Crippen LogP contribution in [0.5, 0.6) is 0 Å². The van der Waals surface area contributed by atoms with Crippen LogP contribution in [-0.4, -0.2) is 45.0 Å². The SMILES string of the molecule is CCCCCCCCCCC(O)[C@H]1C=C[C@H]2C(=O)N(c3ccccc3)C(=O)[C@H]2N1Nc1ccc([N+](=O)[O-])cc1. The molecule has 2 aromatic carbocycles. The topological polar surface area (TPSA) is 116 Å². The molecule has 2 heterocycles. The lowest BCUT2D eigenvalue weighted by molar-refractivity contribution is -0.384. The third-order valence-corrected chi connectivity index (χ3v) is 7.55. The van der Waals surface area contributed by atoms with Gasteiger partial charge in [0, 0.05) is 17.8 Å². The smallest absolute Gasteiger partial charge is 0.269 e. The van der Waals surface area contributed by atoms with Crippen molar-refractivity contribution in [1.82, 2.24) is 5.01 Å². The summed E-state index contributed by atoms with van der Waals surface area (Å²) >= 11 is 0. The summed E-state index contributed by atoms with van der Waals surface area (Å²) in [7, 11) is 0. The number of benzene rings is 2. The van der Waals surface area contributed by atoms with Crippen molar-refractivity contribution in [2.75, 3.05) is 10.3 Å². The number of aliphatic hydroxyl groups excluding tert-OH is 1. The van der Waals surface area contributed by atoms with Gasteiger partial charge in [-0.3, -0.25) is 19.7 Å². The Balaban J connectivity index is 1.50. The zero-order chi connectivity index (χ0) is 27.8. The number of nitro groups is 1. The molecule has 9 heteroatoms. The van der Waals surface area contributed by atoms with Crippen molar-refractivity contribution in [3.63, 3.8) is 0 Å². The van der Waals surface area contributed by atoms with E-state index in [1.54, 1.807) is 53.6 Å². The number of aliphatic hydroxyl groups is 1. The van der Waals surface area contributed by atoms with Crippen LogP contribution in [0.4, 0.5) is 17.1 Å². The molecule has 0 aliphatic carbocycles. The maximum absolute atomic E-state index is 13.7. The van der Waals surface area contributed by atoms with Crippen LogP contribution in [0, 0.1) is 16.0 Å². The Morgan fingerprint density at radius 3 is 2.18 bits per heavy atom. The van der Waals surface area contributed by atoms with Crippen LogP contribution in [0.1, 0.15) is 64.7 Å². The summed E-state index contributed by atoms with van der Waals surface area (Å²) in [5.74, 6) is -1.41. The van der Waals surface area contributed by atoms with Crippen molar-refractivity contribution in [1.29, 1.82) is 0 Å². The largest absolute Gasteiger partial charge is 0.391 e. The molecule has 0 radical (unpaired) electrons. The molecule has 0 saturated carbocycles. The van der Waals surface area contributed by atoms with E-state index in [0.29, 0.717) is 17.8 Å². The van der Waals surface area contributed by atoms with Gasteiger partial charge in [0.05, 0.1) is 28.7 Å². The Labute approximate surface area is 229 Å². The minimum absolute atomic E-state index is 0.0504. The molecule has 2 N–H and O–H groups in total. The van der Waals surface area contributed by atoms with Crippen molar-refractivity contribution in [3.05, 3.63) is 76.9 Å². The Morgan fingerprint density at radius 2 is 1.54 bits per heavy atom. The second-order valence-corrected chi connectivity index (χ2v) is 10.3. The molecule has 2 aliphatic rings. The number of amides is 2. The number of nitro benzene ring substituents is 1. The molecule has 4 atom stereocenters. The summed E-state index contributed by atoms with van der Waals surface area (Å²) in [5.41, 5.74) is 4.18. The van der Waals surface area contributed by atoms with Crippen LogP contribution in [0.25, 0.3) is 0 Å². The minimum Gasteiger partial charge on any atom is -0.391 e. The average molecular weight is 535 g/mol. The summed E-state index contributed by atoms with van der Waals surface area (Å²) in [6, 6.07) is 13.3. The summed E-state index contributed by atoms with van der Waals surface area (Å²) < 4.78 is 0. The standard InChI is InChI=1S/C30H38N4O5/c1-2-3-4-5-6-7-8-12-15-27(35)26-21-20-25-28(30(37)32(29(25)36)23-13-10-9-11-14-23)33(26)31-22-16-18-24(19-17-22)34(38)39/h9-11,13-14,16-21,25-28,31,35H,2-8,12,15H2,1H3/t25-,26-,27?,28+/m1/s1. The number of carbonyl (C=O) groups excluding carboxylic acids is 2. The molecule has 0 aromatic heterocycles. The lowest BCUT2D eigenvalue weighted by Gasteiger charge is -2.40. The van der Waals surface area contributed by atoms with Gasteiger partial charge in [-0.05, 0) is 30.7 Å². The number of anilines is 2. The molecule has 2 amide bonds. The molecule has 1 fully saturated rings. The van der Waals surface area contributed by atoms with E-state index in [2.05, 4.69) is 12.3 Å². The highest BCUT2D eigenvalue weighted by molar-refractivity contribution is 6.24. The van der Waals surface area contributed by atoms with E-state index in [-0.39, 0.29) is 17.5 Å². The number of imide groups is 1. The molecular weight excluding hydrogens is 496 g/mol. The highest BCUT2D eigenvalue weighted by Crippen LogP contribution is 2.36. The minimum atomic E-state index is -0.865. The Hall–Kier alpha value is -3.56. The van der Waals surface area contributed by atoms with E-state index in [0.717, 1.165) is 19.3 Å². The van der Waals surface area contributed by atoms with Gasteiger partial charge in [0.1, 0.15) is 6.04 Å². The second kappa shape index (κ2) is 13.5. The summed E-state index contributed by atoms with van der Waals surface area (Å²) in [4.78, 5) is 38.9. The summed E-state index contributed by atoms with van der Waals surface area (Å²) in [6.45, 7) is 2.21. The molecule has 2 aliphatic heterocycles. The average Bonchev–Trinajstić information content (AvgIpc) is 3.20. The maximum atomic E-state index is 13.7. The first-order valence-corrected chi connectivity index (χ1v) is 14.0. The lowest BCUT2D eigenvalue weighted by Crippen LogP contribution is -2.57. The number of hydrazine groups is 1. The number of nitrogens with one attached hydrogen (secondary N) is 1. The Bertz CT molecular complexity index is 1150. The maximum Gasteiger partial charge on any atom is 0.269 e. The number of nitrogens with zero attached hydrogens (tertiary/aromatic N) is 3. The van der Waals surface area contributed by atoms with E-state index in [1.165, 1.54) is 49.1 Å². The van der Waals surface area contributed by atoms with Crippen molar-refractivity contribution >= 4 is 28.9 Å². The molecule has 1 unspecified atom stereocenters. The van der Waals surface area contributed by atoms with Crippen molar-refractivity contribution in [2.24, 2.45) is 5.92 Å². The highest BCUT2D eigenvalue weighted by atomic mass is 16.6. The van der Waals surface area contributed by atoms with E-state index in [1.807, 2.05) is 6.07 Å². The number of unbranched alkanes of at least 4 members (excludes halogenated alkanes) is 7. The van der Waals surface area contributed by atoms with Crippen molar-refractivity contribution < 1.29 is 19.6 Å². The van der Waals surface area contributed by atoms with Gasteiger partial charge in [-0.2, -0.15) is 0 Å². The number of fused-ring (bicyclic) bond motifs is 1. The molecule has 0 bridgehead atoms. The van der Waals surface area contributed by atoms with Gasteiger partial charge >= 0.3 is 0 Å². The van der Waals surface area contributed by atoms with Crippen LogP contribution in [-0.2, 0) is 9.59 Å². The number of hydrogen-bond acceptors (Lipinski definition) is 7. The number of non-ortho nitro benzene ring substituents is 1. The van der Waals surface area contributed by atoms with E-state index in [9.17, 15) is 24.8 Å². The Morgan fingerprint density at radius 1 is 0.897 bits per heavy atom. The number of hydrogen-bond donors (Lipinski definition) is 2. The number of carbonyl (C=O) groups is 2. The van der Waals surface area contributed by atoms with Gasteiger partial charge in [-0.1, -0.05) is 88.6 Å². The first-order valence-electron chi connectivity index (χ1n) is 14.0.